The molecule has 0 spiro atoms. The number of allylic oxidation sites excluding steroid dienone is 2. The Bertz CT molecular complexity index is 1030. The summed E-state index contributed by atoms with van der Waals surface area (Å²) in [7, 11) is 0. The highest BCUT2D eigenvalue weighted by molar-refractivity contribution is 6.22. The standard InChI is InChI=1S/C34H49NO5/c1-26-29(34(2,3)23-22-30(26)36)21-15-13-11-9-7-5-4-6-8-10-12-14-18-24-40-31(37)25-35-32(38)27-19-16-17-20-28(27)33(35)39/h16-17,19-20H,4-15,18,21-25H2,1-3H3. The van der Waals surface area contributed by atoms with Crippen LogP contribution in [0.1, 0.15) is 144 Å². The third-order valence-corrected chi connectivity index (χ3v) is 8.66. The number of Topliss-reactive ketones (excluding diaryl/α,β-unsaturated/α-hetero) is 1. The van der Waals surface area contributed by atoms with Gasteiger partial charge < -0.3 is 4.74 Å². The lowest BCUT2D eigenvalue weighted by atomic mass is 9.70. The summed E-state index contributed by atoms with van der Waals surface area (Å²) in [4.78, 5) is 49.8. The first-order valence-electron chi connectivity index (χ1n) is 15.6. The number of benzene rings is 1. The van der Waals surface area contributed by atoms with Crippen LogP contribution in [0.25, 0.3) is 0 Å². The van der Waals surface area contributed by atoms with E-state index in [1.807, 2.05) is 6.92 Å². The summed E-state index contributed by atoms with van der Waals surface area (Å²) in [6, 6.07) is 6.62. The molecule has 0 aromatic heterocycles. The van der Waals surface area contributed by atoms with Crippen molar-refractivity contribution < 1.29 is 23.9 Å². The van der Waals surface area contributed by atoms with Crippen LogP contribution >= 0.6 is 0 Å². The van der Waals surface area contributed by atoms with Crippen molar-refractivity contribution in [3.8, 4) is 0 Å². The maximum Gasteiger partial charge on any atom is 0.326 e. The Hall–Kier alpha value is -2.76. The summed E-state index contributed by atoms with van der Waals surface area (Å²) in [6.07, 6.45) is 18.5. The first kappa shape index (κ1) is 31.8. The van der Waals surface area contributed by atoms with E-state index in [1.165, 1.54) is 69.8 Å². The zero-order valence-corrected chi connectivity index (χ0v) is 25.0. The van der Waals surface area contributed by atoms with Gasteiger partial charge in [0.1, 0.15) is 6.54 Å². The quantitative estimate of drug-likeness (QED) is 0.105. The number of carbonyl (C=O) groups is 4. The summed E-state index contributed by atoms with van der Waals surface area (Å²) < 4.78 is 5.25. The van der Waals surface area contributed by atoms with Crippen molar-refractivity contribution in [2.24, 2.45) is 5.41 Å². The van der Waals surface area contributed by atoms with Gasteiger partial charge in [0.25, 0.3) is 11.8 Å². The second-order valence-electron chi connectivity index (χ2n) is 12.2. The van der Waals surface area contributed by atoms with E-state index in [-0.39, 0.29) is 12.0 Å². The Balaban J connectivity index is 1.10. The molecule has 6 nitrogen and oxygen atoms in total. The topological polar surface area (TPSA) is 80.8 Å². The average molecular weight is 552 g/mol. The summed E-state index contributed by atoms with van der Waals surface area (Å²) in [5, 5.41) is 0. The zero-order chi connectivity index (χ0) is 29.0. The Morgan fingerprint density at radius 1 is 0.775 bits per heavy atom. The molecule has 0 saturated carbocycles. The number of esters is 1. The third kappa shape index (κ3) is 9.14. The van der Waals surface area contributed by atoms with Crippen LogP contribution in [-0.4, -0.2) is 41.6 Å². The van der Waals surface area contributed by atoms with Crippen LogP contribution in [0.5, 0.6) is 0 Å². The Morgan fingerprint density at radius 3 is 1.77 bits per heavy atom. The van der Waals surface area contributed by atoms with E-state index in [1.54, 1.807) is 24.3 Å². The van der Waals surface area contributed by atoms with Crippen LogP contribution < -0.4 is 0 Å². The normalized spacial score (nSPS) is 16.6. The van der Waals surface area contributed by atoms with Crippen molar-refractivity contribution in [3.05, 3.63) is 46.5 Å². The third-order valence-electron chi connectivity index (χ3n) is 8.66. The molecule has 1 aromatic rings. The fourth-order valence-corrected chi connectivity index (χ4v) is 6.06. The molecule has 1 heterocycles. The molecule has 0 saturated heterocycles. The highest BCUT2D eigenvalue weighted by atomic mass is 16.5. The van der Waals surface area contributed by atoms with Gasteiger partial charge in [0.05, 0.1) is 17.7 Å². The maximum atomic E-state index is 12.3. The van der Waals surface area contributed by atoms with Crippen molar-refractivity contribution in [1.82, 2.24) is 4.90 Å². The minimum absolute atomic E-state index is 0.192. The minimum Gasteiger partial charge on any atom is -0.464 e. The monoisotopic (exact) mass is 551 g/mol. The predicted octanol–water partition coefficient (Wildman–Crippen LogP) is 7.99. The van der Waals surface area contributed by atoms with Crippen molar-refractivity contribution in [1.29, 1.82) is 0 Å². The predicted molar refractivity (Wildman–Crippen MR) is 158 cm³/mol. The van der Waals surface area contributed by atoms with Crippen LogP contribution in [0.3, 0.4) is 0 Å². The van der Waals surface area contributed by atoms with Gasteiger partial charge in [-0.1, -0.05) is 102 Å². The molecule has 1 aliphatic carbocycles. The molecular weight excluding hydrogens is 502 g/mol. The SMILES string of the molecule is CC1=C(CCCCCCCCCCCCCCCOC(=O)CN2C(=O)c3ccccc3C2=O)C(C)(C)CCC1=O. The van der Waals surface area contributed by atoms with Gasteiger partial charge in [-0.3, -0.25) is 24.1 Å². The molecule has 2 aliphatic rings. The second-order valence-corrected chi connectivity index (χ2v) is 12.2. The lowest BCUT2D eigenvalue weighted by Gasteiger charge is -2.34. The highest BCUT2D eigenvalue weighted by Gasteiger charge is 2.36. The lowest BCUT2D eigenvalue weighted by Crippen LogP contribution is -2.35. The summed E-state index contributed by atoms with van der Waals surface area (Å²) in [5.74, 6) is -1.04. The zero-order valence-electron chi connectivity index (χ0n) is 25.0. The molecule has 0 unspecified atom stereocenters. The van der Waals surface area contributed by atoms with Crippen LogP contribution in [0.15, 0.2) is 35.4 Å². The number of unbranched alkanes of at least 4 members (excludes halogenated alkanes) is 12. The number of nitrogens with zero attached hydrogens (tertiary/aromatic N) is 1. The van der Waals surface area contributed by atoms with Crippen LogP contribution in [0, 0.1) is 5.41 Å². The Labute approximate surface area is 240 Å². The second kappa shape index (κ2) is 15.9. The van der Waals surface area contributed by atoms with Gasteiger partial charge in [0, 0.05) is 6.42 Å². The van der Waals surface area contributed by atoms with Crippen molar-refractivity contribution in [2.45, 2.75) is 124 Å². The van der Waals surface area contributed by atoms with Crippen molar-refractivity contribution >= 4 is 23.6 Å². The maximum absolute atomic E-state index is 12.3. The van der Waals surface area contributed by atoms with Crippen molar-refractivity contribution in [3.63, 3.8) is 0 Å². The average Bonchev–Trinajstić information content (AvgIpc) is 3.17. The number of hydrogen-bond donors (Lipinski definition) is 0. The fraction of sp³-hybridized carbons (Fsp3) is 0.647. The number of carbonyl (C=O) groups excluding carboxylic acids is 4. The number of fused-ring (bicyclic) bond motifs is 1. The van der Waals surface area contributed by atoms with Gasteiger partial charge in [-0.25, -0.2) is 0 Å². The first-order chi connectivity index (χ1) is 19.2. The Morgan fingerprint density at radius 2 is 1.25 bits per heavy atom. The molecule has 2 amide bonds. The van der Waals surface area contributed by atoms with E-state index >= 15 is 0 Å². The van der Waals surface area contributed by atoms with Crippen LogP contribution in [0.4, 0.5) is 0 Å². The van der Waals surface area contributed by atoms with Gasteiger partial charge >= 0.3 is 5.97 Å². The molecule has 6 heteroatoms. The molecule has 1 aliphatic heterocycles. The molecule has 0 N–H and O–H groups in total. The summed E-state index contributed by atoms with van der Waals surface area (Å²) in [6.45, 7) is 6.62. The smallest absolute Gasteiger partial charge is 0.326 e. The van der Waals surface area contributed by atoms with E-state index in [0.29, 0.717) is 29.9 Å². The van der Waals surface area contributed by atoms with E-state index in [4.69, 9.17) is 4.74 Å². The van der Waals surface area contributed by atoms with E-state index in [9.17, 15) is 19.2 Å². The molecule has 220 valence electrons. The van der Waals surface area contributed by atoms with E-state index in [2.05, 4.69) is 13.8 Å². The number of ketones is 1. The van der Waals surface area contributed by atoms with Gasteiger partial charge in [-0.2, -0.15) is 0 Å². The molecule has 0 radical (unpaired) electrons. The molecule has 0 fully saturated rings. The largest absolute Gasteiger partial charge is 0.464 e. The number of rotatable bonds is 18. The Kier molecular flexibility index (Phi) is 12.6. The molecule has 3 rings (SSSR count). The van der Waals surface area contributed by atoms with Gasteiger partial charge in [-0.05, 0) is 55.7 Å². The number of hydrogen-bond acceptors (Lipinski definition) is 5. The van der Waals surface area contributed by atoms with Crippen molar-refractivity contribution in [2.75, 3.05) is 13.2 Å². The molecule has 0 atom stereocenters. The summed E-state index contributed by atoms with van der Waals surface area (Å²) in [5.41, 5.74) is 3.33. The number of imide groups is 1. The fourth-order valence-electron chi connectivity index (χ4n) is 6.06. The molecule has 1 aromatic carbocycles. The summed E-state index contributed by atoms with van der Waals surface area (Å²) >= 11 is 0. The molecule has 0 bridgehead atoms. The minimum atomic E-state index is -0.536. The van der Waals surface area contributed by atoms with E-state index < -0.39 is 17.8 Å². The first-order valence-corrected chi connectivity index (χ1v) is 15.6. The number of ether oxygens (including phenoxy) is 1. The van der Waals surface area contributed by atoms with Gasteiger partial charge in [0.15, 0.2) is 5.78 Å². The van der Waals surface area contributed by atoms with Gasteiger partial charge in [0.2, 0.25) is 0 Å². The van der Waals surface area contributed by atoms with Crippen LogP contribution in [0.2, 0.25) is 0 Å². The highest BCUT2D eigenvalue weighted by Crippen LogP contribution is 2.41. The van der Waals surface area contributed by atoms with E-state index in [0.717, 1.165) is 42.6 Å². The molecule has 40 heavy (non-hydrogen) atoms. The molecular formula is C34H49NO5. The number of amides is 2. The van der Waals surface area contributed by atoms with Gasteiger partial charge in [-0.15, -0.1) is 0 Å². The van der Waals surface area contributed by atoms with Crippen LogP contribution in [-0.2, 0) is 14.3 Å². The lowest BCUT2D eigenvalue weighted by molar-refractivity contribution is -0.144.